The molecule has 0 heterocycles. The lowest BCUT2D eigenvalue weighted by atomic mass is 10.2. The molecule has 0 unspecified atom stereocenters. The summed E-state index contributed by atoms with van der Waals surface area (Å²) in [4.78, 5) is 37.8. The van der Waals surface area contributed by atoms with Crippen LogP contribution in [0.2, 0.25) is 5.02 Å². The highest BCUT2D eigenvalue weighted by Crippen LogP contribution is 2.23. The second-order valence-electron chi connectivity index (χ2n) is 5.45. The standard InChI is InChI=1S/C19H19ClN2O4/c1-3-22(12-13-7-5-4-6-8-13)18(24)17(23)21-16-11-14(19(25)26-2)9-10-15(16)20/h4-11H,3,12H2,1-2H3,(H,21,23). The van der Waals surface area contributed by atoms with Crippen molar-refractivity contribution in [1.29, 1.82) is 0 Å². The molecule has 0 radical (unpaired) electrons. The molecule has 6 nitrogen and oxygen atoms in total. The molecule has 0 spiro atoms. The summed E-state index contributed by atoms with van der Waals surface area (Å²) >= 11 is 6.04. The van der Waals surface area contributed by atoms with Gasteiger partial charge < -0.3 is 15.0 Å². The molecule has 0 bridgehead atoms. The predicted octanol–water partition coefficient (Wildman–Crippen LogP) is 3.11. The smallest absolute Gasteiger partial charge is 0.337 e. The first-order chi connectivity index (χ1) is 12.5. The number of hydrogen-bond acceptors (Lipinski definition) is 4. The number of likely N-dealkylation sites (N-methyl/N-ethyl adjacent to an activating group) is 1. The van der Waals surface area contributed by atoms with E-state index >= 15 is 0 Å². The molecule has 2 aromatic rings. The van der Waals surface area contributed by atoms with Crippen molar-refractivity contribution in [3.8, 4) is 0 Å². The van der Waals surface area contributed by atoms with Gasteiger partial charge in [0, 0.05) is 13.1 Å². The minimum atomic E-state index is -0.827. The van der Waals surface area contributed by atoms with Gasteiger partial charge in [-0.2, -0.15) is 0 Å². The average molecular weight is 375 g/mol. The highest BCUT2D eigenvalue weighted by atomic mass is 35.5. The van der Waals surface area contributed by atoms with Crippen LogP contribution in [0, 0.1) is 0 Å². The van der Waals surface area contributed by atoms with Crippen molar-refractivity contribution in [3.63, 3.8) is 0 Å². The molecule has 0 aromatic heterocycles. The molecule has 2 aromatic carbocycles. The van der Waals surface area contributed by atoms with Gasteiger partial charge in [0.2, 0.25) is 0 Å². The zero-order chi connectivity index (χ0) is 19.1. The maximum absolute atomic E-state index is 12.4. The van der Waals surface area contributed by atoms with Crippen LogP contribution in [0.4, 0.5) is 5.69 Å². The SMILES string of the molecule is CCN(Cc1ccccc1)C(=O)C(=O)Nc1cc(C(=O)OC)ccc1Cl. The first-order valence-corrected chi connectivity index (χ1v) is 8.36. The first kappa shape index (κ1) is 19.5. The van der Waals surface area contributed by atoms with Crippen LogP contribution in [0.3, 0.4) is 0 Å². The van der Waals surface area contributed by atoms with E-state index in [0.29, 0.717) is 13.1 Å². The Labute approximate surface area is 156 Å². The molecular weight excluding hydrogens is 356 g/mol. The van der Waals surface area contributed by atoms with Crippen LogP contribution >= 0.6 is 11.6 Å². The van der Waals surface area contributed by atoms with Crippen LogP contribution in [0.5, 0.6) is 0 Å². The summed E-state index contributed by atoms with van der Waals surface area (Å²) in [6.07, 6.45) is 0. The molecule has 0 saturated carbocycles. The number of nitrogens with one attached hydrogen (secondary N) is 1. The third-order valence-electron chi connectivity index (χ3n) is 3.72. The lowest BCUT2D eigenvalue weighted by Crippen LogP contribution is -2.39. The van der Waals surface area contributed by atoms with E-state index < -0.39 is 17.8 Å². The second kappa shape index (κ2) is 9.01. The number of benzene rings is 2. The van der Waals surface area contributed by atoms with E-state index in [2.05, 4.69) is 10.1 Å². The fourth-order valence-corrected chi connectivity index (χ4v) is 2.48. The summed E-state index contributed by atoms with van der Waals surface area (Å²) in [6.45, 7) is 2.48. The van der Waals surface area contributed by atoms with Crippen molar-refractivity contribution in [3.05, 3.63) is 64.7 Å². The van der Waals surface area contributed by atoms with Gasteiger partial charge in [0.05, 0.1) is 23.4 Å². The lowest BCUT2D eigenvalue weighted by molar-refractivity contribution is -0.143. The molecule has 26 heavy (non-hydrogen) atoms. The fraction of sp³-hybridized carbons (Fsp3) is 0.211. The van der Waals surface area contributed by atoms with Crippen molar-refractivity contribution in [2.24, 2.45) is 0 Å². The van der Waals surface area contributed by atoms with Gasteiger partial charge in [0.15, 0.2) is 0 Å². The maximum atomic E-state index is 12.4. The number of ether oxygens (including phenoxy) is 1. The van der Waals surface area contributed by atoms with Gasteiger partial charge in [-0.05, 0) is 30.7 Å². The number of carbonyl (C=O) groups excluding carboxylic acids is 3. The summed E-state index contributed by atoms with van der Waals surface area (Å²) < 4.78 is 4.64. The average Bonchev–Trinajstić information content (AvgIpc) is 2.67. The molecule has 0 saturated heterocycles. The van der Waals surface area contributed by atoms with E-state index in [1.54, 1.807) is 6.92 Å². The third-order valence-corrected chi connectivity index (χ3v) is 4.04. The topological polar surface area (TPSA) is 75.7 Å². The van der Waals surface area contributed by atoms with Gasteiger partial charge in [-0.1, -0.05) is 41.9 Å². The Bertz CT molecular complexity index is 808. The number of halogens is 1. The van der Waals surface area contributed by atoms with Gasteiger partial charge in [-0.3, -0.25) is 9.59 Å². The molecule has 7 heteroatoms. The molecule has 2 rings (SSSR count). The predicted molar refractivity (Wildman–Crippen MR) is 99.0 cm³/mol. The summed E-state index contributed by atoms with van der Waals surface area (Å²) in [5, 5.41) is 2.67. The van der Waals surface area contributed by atoms with Crippen molar-refractivity contribution in [2.45, 2.75) is 13.5 Å². The Morgan fingerprint density at radius 2 is 1.81 bits per heavy atom. The normalized spacial score (nSPS) is 10.1. The van der Waals surface area contributed by atoms with Gasteiger partial charge in [0.1, 0.15) is 0 Å². The summed E-state index contributed by atoms with van der Waals surface area (Å²) in [6, 6.07) is 13.7. The van der Waals surface area contributed by atoms with E-state index in [-0.39, 0.29) is 16.3 Å². The summed E-state index contributed by atoms with van der Waals surface area (Å²) in [5.41, 5.74) is 1.31. The highest BCUT2D eigenvalue weighted by Gasteiger charge is 2.22. The molecule has 0 aliphatic rings. The molecule has 136 valence electrons. The third kappa shape index (κ3) is 4.83. The number of hydrogen-bond donors (Lipinski definition) is 1. The van der Waals surface area contributed by atoms with Gasteiger partial charge >= 0.3 is 17.8 Å². The van der Waals surface area contributed by atoms with E-state index in [0.717, 1.165) is 5.56 Å². The molecule has 0 aliphatic heterocycles. The fourth-order valence-electron chi connectivity index (χ4n) is 2.32. The second-order valence-corrected chi connectivity index (χ2v) is 5.85. The summed E-state index contributed by atoms with van der Waals surface area (Å²) in [7, 11) is 1.25. The molecule has 0 aliphatic carbocycles. The summed E-state index contributed by atoms with van der Waals surface area (Å²) in [5.74, 6) is -2.08. The lowest BCUT2D eigenvalue weighted by Gasteiger charge is -2.20. The Hall–Kier alpha value is -2.86. The number of nitrogens with zero attached hydrogens (tertiary/aromatic N) is 1. The van der Waals surface area contributed by atoms with E-state index in [1.807, 2.05) is 30.3 Å². The van der Waals surface area contributed by atoms with Crippen molar-refractivity contribution >= 4 is 35.1 Å². The van der Waals surface area contributed by atoms with Crippen LogP contribution in [-0.2, 0) is 20.9 Å². The number of methoxy groups -OCH3 is 1. The van der Waals surface area contributed by atoms with Crippen LogP contribution in [-0.4, -0.2) is 36.3 Å². The van der Waals surface area contributed by atoms with E-state index in [4.69, 9.17) is 11.6 Å². The maximum Gasteiger partial charge on any atom is 0.337 e. The van der Waals surface area contributed by atoms with Crippen LogP contribution in [0.1, 0.15) is 22.8 Å². The van der Waals surface area contributed by atoms with Crippen molar-refractivity contribution < 1.29 is 19.1 Å². The number of amides is 2. The minimum Gasteiger partial charge on any atom is -0.465 e. The zero-order valence-corrected chi connectivity index (χ0v) is 15.2. The van der Waals surface area contributed by atoms with Crippen LogP contribution in [0.25, 0.3) is 0 Å². The molecule has 0 atom stereocenters. The first-order valence-electron chi connectivity index (χ1n) is 7.98. The van der Waals surface area contributed by atoms with Gasteiger partial charge in [-0.15, -0.1) is 0 Å². The Balaban J connectivity index is 2.12. The number of rotatable bonds is 5. The molecule has 1 N–H and O–H groups in total. The molecule has 2 amide bonds. The number of esters is 1. The Morgan fingerprint density at radius 3 is 2.42 bits per heavy atom. The highest BCUT2D eigenvalue weighted by molar-refractivity contribution is 6.41. The van der Waals surface area contributed by atoms with Gasteiger partial charge in [-0.25, -0.2) is 4.79 Å². The molecular formula is C19H19ClN2O4. The van der Waals surface area contributed by atoms with Gasteiger partial charge in [0.25, 0.3) is 0 Å². The van der Waals surface area contributed by atoms with Crippen LogP contribution < -0.4 is 5.32 Å². The van der Waals surface area contributed by atoms with E-state index in [1.165, 1.54) is 30.2 Å². The Kier molecular flexibility index (Phi) is 6.74. The number of carbonyl (C=O) groups is 3. The molecule has 0 fully saturated rings. The number of anilines is 1. The van der Waals surface area contributed by atoms with Crippen LogP contribution in [0.15, 0.2) is 48.5 Å². The van der Waals surface area contributed by atoms with Crippen molar-refractivity contribution in [2.75, 3.05) is 19.0 Å². The quantitative estimate of drug-likeness (QED) is 0.644. The zero-order valence-electron chi connectivity index (χ0n) is 14.5. The van der Waals surface area contributed by atoms with E-state index in [9.17, 15) is 14.4 Å². The Morgan fingerprint density at radius 1 is 1.12 bits per heavy atom. The monoisotopic (exact) mass is 374 g/mol. The largest absolute Gasteiger partial charge is 0.465 e. The minimum absolute atomic E-state index is 0.170. The van der Waals surface area contributed by atoms with Crippen molar-refractivity contribution in [1.82, 2.24) is 4.90 Å².